The van der Waals surface area contributed by atoms with Crippen LogP contribution in [-0.2, 0) is 4.79 Å². The summed E-state index contributed by atoms with van der Waals surface area (Å²) in [5, 5.41) is 11.5. The first kappa shape index (κ1) is 22.6. The molecule has 1 aliphatic heterocycles. The molecule has 32 heavy (non-hydrogen) atoms. The molecule has 1 saturated heterocycles. The van der Waals surface area contributed by atoms with Gasteiger partial charge in [-0.3, -0.25) is 4.79 Å². The van der Waals surface area contributed by atoms with Crippen LogP contribution in [0.1, 0.15) is 63.1 Å². The fourth-order valence-electron chi connectivity index (χ4n) is 5.64. The number of hydrogen-bond acceptors (Lipinski definition) is 3. The summed E-state index contributed by atoms with van der Waals surface area (Å²) in [6, 6.07) is 18.5. The smallest absolute Gasteiger partial charge is 0.247 e. The van der Waals surface area contributed by atoms with Crippen molar-refractivity contribution in [3.63, 3.8) is 0 Å². The highest BCUT2D eigenvalue weighted by atomic mass is 16.3. The van der Waals surface area contributed by atoms with Crippen molar-refractivity contribution in [1.82, 2.24) is 4.90 Å². The van der Waals surface area contributed by atoms with Gasteiger partial charge in [0.1, 0.15) is 0 Å². The van der Waals surface area contributed by atoms with E-state index in [2.05, 4.69) is 43.0 Å². The SMILES string of the molecule is CCN(CC)c1ccc([C@H]2[C@H]3CCCC[C@@]3(O)CCN2C(=O)/C=C/c2ccccc2)cc1. The number of rotatable bonds is 6. The maximum Gasteiger partial charge on any atom is 0.247 e. The number of carbonyl (C=O) groups excluding carboxylic acids is 1. The molecule has 2 aliphatic rings. The van der Waals surface area contributed by atoms with Crippen molar-refractivity contribution in [2.45, 2.75) is 57.6 Å². The second kappa shape index (κ2) is 9.91. The molecule has 3 atom stereocenters. The maximum absolute atomic E-state index is 13.4. The molecule has 4 nitrogen and oxygen atoms in total. The van der Waals surface area contributed by atoms with Crippen molar-refractivity contribution in [2.24, 2.45) is 5.92 Å². The Morgan fingerprint density at radius 1 is 1.06 bits per heavy atom. The topological polar surface area (TPSA) is 43.8 Å². The van der Waals surface area contributed by atoms with Crippen LogP contribution in [-0.4, -0.2) is 41.1 Å². The van der Waals surface area contributed by atoms with E-state index in [4.69, 9.17) is 0 Å². The van der Waals surface area contributed by atoms with Crippen LogP contribution in [0.4, 0.5) is 5.69 Å². The van der Waals surface area contributed by atoms with Crippen molar-refractivity contribution in [3.8, 4) is 0 Å². The van der Waals surface area contributed by atoms with E-state index in [0.29, 0.717) is 13.0 Å². The van der Waals surface area contributed by atoms with Gasteiger partial charge in [-0.1, -0.05) is 55.3 Å². The minimum absolute atomic E-state index is 0.0271. The molecule has 2 fully saturated rings. The van der Waals surface area contributed by atoms with Crippen LogP contribution in [0.5, 0.6) is 0 Å². The Balaban J connectivity index is 1.64. The molecule has 0 unspecified atom stereocenters. The second-order valence-corrected chi connectivity index (χ2v) is 9.19. The number of aliphatic hydroxyl groups is 1. The first-order valence-electron chi connectivity index (χ1n) is 12.2. The largest absolute Gasteiger partial charge is 0.389 e. The Bertz CT molecular complexity index is 920. The first-order chi connectivity index (χ1) is 15.6. The van der Waals surface area contributed by atoms with Gasteiger partial charge >= 0.3 is 0 Å². The maximum atomic E-state index is 13.4. The van der Waals surface area contributed by atoms with Gasteiger partial charge in [-0.15, -0.1) is 0 Å². The third-order valence-corrected chi connectivity index (χ3v) is 7.43. The molecular weight excluding hydrogens is 396 g/mol. The Hall–Kier alpha value is -2.59. The Kier molecular flexibility index (Phi) is 7.00. The number of fused-ring (bicyclic) bond motifs is 1. The third-order valence-electron chi connectivity index (χ3n) is 7.43. The third kappa shape index (κ3) is 4.61. The average molecular weight is 433 g/mol. The molecule has 4 rings (SSSR count). The zero-order chi connectivity index (χ0) is 22.6. The number of piperidine rings is 1. The number of nitrogens with zero attached hydrogens (tertiary/aromatic N) is 2. The van der Waals surface area contributed by atoms with E-state index in [-0.39, 0.29) is 17.9 Å². The molecule has 1 saturated carbocycles. The highest BCUT2D eigenvalue weighted by Crippen LogP contribution is 2.49. The number of benzene rings is 2. The molecule has 2 aromatic carbocycles. The second-order valence-electron chi connectivity index (χ2n) is 9.19. The van der Waals surface area contributed by atoms with Crippen LogP contribution in [0.25, 0.3) is 6.08 Å². The van der Waals surface area contributed by atoms with E-state index < -0.39 is 5.60 Å². The highest BCUT2D eigenvalue weighted by molar-refractivity contribution is 5.92. The molecule has 2 aromatic rings. The van der Waals surface area contributed by atoms with Crippen molar-refractivity contribution < 1.29 is 9.90 Å². The summed E-state index contributed by atoms with van der Waals surface area (Å²) in [6.45, 7) is 6.86. The molecule has 170 valence electrons. The predicted molar refractivity (Wildman–Crippen MR) is 131 cm³/mol. The summed E-state index contributed by atoms with van der Waals surface area (Å²) in [7, 11) is 0. The van der Waals surface area contributed by atoms with Crippen LogP contribution >= 0.6 is 0 Å². The van der Waals surface area contributed by atoms with Gasteiger partial charge in [0.25, 0.3) is 0 Å². The van der Waals surface area contributed by atoms with E-state index in [1.165, 1.54) is 5.69 Å². The van der Waals surface area contributed by atoms with E-state index in [9.17, 15) is 9.90 Å². The van der Waals surface area contributed by atoms with Crippen molar-refractivity contribution in [1.29, 1.82) is 0 Å². The number of anilines is 1. The van der Waals surface area contributed by atoms with E-state index in [1.807, 2.05) is 41.3 Å². The quantitative estimate of drug-likeness (QED) is 0.618. The summed E-state index contributed by atoms with van der Waals surface area (Å²) in [5.74, 6) is 0.109. The lowest BCUT2D eigenvalue weighted by Gasteiger charge is -2.52. The van der Waals surface area contributed by atoms with Crippen LogP contribution in [0.3, 0.4) is 0 Å². The monoisotopic (exact) mass is 432 g/mol. The van der Waals surface area contributed by atoms with Gasteiger partial charge < -0.3 is 14.9 Å². The number of hydrogen-bond donors (Lipinski definition) is 1. The lowest BCUT2D eigenvalue weighted by Crippen LogP contribution is -2.56. The molecule has 0 bridgehead atoms. The van der Waals surface area contributed by atoms with Gasteiger partial charge in [-0.25, -0.2) is 0 Å². The zero-order valence-corrected chi connectivity index (χ0v) is 19.4. The average Bonchev–Trinajstić information content (AvgIpc) is 2.83. The zero-order valence-electron chi connectivity index (χ0n) is 19.4. The van der Waals surface area contributed by atoms with Crippen LogP contribution < -0.4 is 4.90 Å². The summed E-state index contributed by atoms with van der Waals surface area (Å²) in [6.07, 6.45) is 8.24. The molecule has 1 aliphatic carbocycles. The van der Waals surface area contributed by atoms with Gasteiger partial charge in [0.05, 0.1) is 11.6 Å². The number of carbonyl (C=O) groups is 1. The summed E-state index contributed by atoms with van der Waals surface area (Å²) in [5.41, 5.74) is 2.69. The van der Waals surface area contributed by atoms with Gasteiger partial charge in [0, 0.05) is 37.3 Å². The van der Waals surface area contributed by atoms with Gasteiger partial charge in [0.15, 0.2) is 0 Å². The molecular formula is C28H36N2O2. The van der Waals surface area contributed by atoms with E-state index in [0.717, 1.165) is 49.9 Å². The Morgan fingerprint density at radius 2 is 1.78 bits per heavy atom. The minimum Gasteiger partial charge on any atom is -0.389 e. The van der Waals surface area contributed by atoms with Crippen molar-refractivity contribution in [3.05, 3.63) is 71.8 Å². The van der Waals surface area contributed by atoms with Gasteiger partial charge in [-0.2, -0.15) is 0 Å². The van der Waals surface area contributed by atoms with Crippen molar-refractivity contribution >= 4 is 17.7 Å². The molecule has 0 spiro atoms. The van der Waals surface area contributed by atoms with E-state index in [1.54, 1.807) is 6.08 Å². The normalized spacial score (nSPS) is 25.5. The number of amides is 1. The summed E-state index contributed by atoms with van der Waals surface area (Å²) >= 11 is 0. The minimum atomic E-state index is -0.666. The fourth-order valence-corrected chi connectivity index (χ4v) is 5.64. The van der Waals surface area contributed by atoms with Gasteiger partial charge in [0.2, 0.25) is 5.91 Å². The van der Waals surface area contributed by atoms with E-state index >= 15 is 0 Å². The Morgan fingerprint density at radius 3 is 2.47 bits per heavy atom. The standard InChI is InChI=1S/C28H36N2O2/c1-3-29(4-2)24-16-14-23(15-17-24)27-25-12-8-9-19-28(25,32)20-21-30(27)26(31)18-13-22-10-6-5-7-11-22/h5-7,10-11,13-18,25,27,32H,3-4,8-9,12,19-21H2,1-2H3/b18-13+/t25-,27+,28-/m1/s1. The van der Waals surface area contributed by atoms with Crippen molar-refractivity contribution in [2.75, 3.05) is 24.5 Å². The molecule has 4 heteroatoms. The highest BCUT2D eigenvalue weighted by Gasteiger charge is 2.49. The molecule has 1 amide bonds. The summed E-state index contributed by atoms with van der Waals surface area (Å²) < 4.78 is 0. The molecule has 0 radical (unpaired) electrons. The Labute approximate surface area is 192 Å². The molecule has 1 heterocycles. The predicted octanol–water partition coefficient (Wildman–Crippen LogP) is 5.44. The first-order valence-corrected chi connectivity index (χ1v) is 12.2. The lowest BCUT2D eigenvalue weighted by molar-refractivity contribution is -0.150. The van der Waals surface area contributed by atoms with Crippen LogP contribution in [0.15, 0.2) is 60.7 Å². The summed E-state index contributed by atoms with van der Waals surface area (Å²) in [4.78, 5) is 17.7. The van der Waals surface area contributed by atoms with Crippen LogP contribution in [0.2, 0.25) is 0 Å². The molecule has 1 N–H and O–H groups in total. The molecule has 0 aromatic heterocycles. The fraction of sp³-hybridized carbons (Fsp3) is 0.464. The number of likely N-dealkylation sites (tertiary alicyclic amines) is 1. The van der Waals surface area contributed by atoms with Gasteiger partial charge in [-0.05, 0) is 62.4 Å². The van der Waals surface area contributed by atoms with Crippen LogP contribution in [0, 0.1) is 5.92 Å². The lowest BCUT2D eigenvalue weighted by atomic mass is 9.66.